The smallest absolute Gasteiger partial charge is 0.227 e. The van der Waals surface area contributed by atoms with Gasteiger partial charge in [0.1, 0.15) is 0 Å². The number of carbonyl (C=O) groups is 1. The van der Waals surface area contributed by atoms with E-state index in [2.05, 4.69) is 9.80 Å². The molecule has 2 saturated heterocycles. The summed E-state index contributed by atoms with van der Waals surface area (Å²) in [6.07, 6.45) is 12.8. The SMILES string of the molecule is O=C([C@@H]1CCCC[C@@H]1N1CCCCC1)N1CCCCC1. The highest BCUT2D eigenvalue weighted by atomic mass is 16.2. The summed E-state index contributed by atoms with van der Waals surface area (Å²) >= 11 is 0. The monoisotopic (exact) mass is 278 g/mol. The van der Waals surface area contributed by atoms with Crippen LogP contribution in [0.5, 0.6) is 0 Å². The number of hydrogen-bond donors (Lipinski definition) is 0. The Morgan fingerprint density at radius 1 is 0.700 bits per heavy atom. The van der Waals surface area contributed by atoms with E-state index in [1.165, 1.54) is 70.9 Å². The lowest BCUT2D eigenvalue weighted by atomic mass is 9.81. The second-order valence-corrected chi connectivity index (χ2v) is 6.94. The van der Waals surface area contributed by atoms with Crippen LogP contribution in [0.4, 0.5) is 0 Å². The Hall–Kier alpha value is -0.570. The predicted octanol–water partition coefficient (Wildman–Crippen LogP) is 3.04. The minimum absolute atomic E-state index is 0.306. The van der Waals surface area contributed by atoms with Crippen LogP contribution in [-0.4, -0.2) is 47.9 Å². The summed E-state index contributed by atoms with van der Waals surface area (Å²) in [6, 6.07) is 0.554. The fourth-order valence-corrected chi connectivity index (χ4v) is 4.44. The van der Waals surface area contributed by atoms with Crippen molar-refractivity contribution in [2.45, 2.75) is 70.3 Å². The van der Waals surface area contributed by atoms with E-state index in [1.807, 2.05) is 0 Å². The third-order valence-corrected chi connectivity index (χ3v) is 5.57. The normalized spacial score (nSPS) is 33.1. The molecule has 1 amide bonds. The molecule has 3 nitrogen and oxygen atoms in total. The zero-order valence-corrected chi connectivity index (χ0v) is 12.9. The molecule has 0 N–H and O–H groups in total. The summed E-state index contributed by atoms with van der Waals surface area (Å²) in [5, 5.41) is 0. The molecule has 1 aliphatic carbocycles. The van der Waals surface area contributed by atoms with Crippen LogP contribution in [0.15, 0.2) is 0 Å². The molecule has 2 atom stereocenters. The molecule has 0 unspecified atom stereocenters. The zero-order chi connectivity index (χ0) is 13.8. The number of piperidine rings is 2. The van der Waals surface area contributed by atoms with Gasteiger partial charge in [-0.1, -0.05) is 19.3 Å². The van der Waals surface area contributed by atoms with Crippen LogP contribution >= 0.6 is 0 Å². The lowest BCUT2D eigenvalue weighted by Gasteiger charge is -2.43. The Morgan fingerprint density at radius 3 is 2.00 bits per heavy atom. The molecule has 0 aromatic carbocycles. The Balaban J connectivity index is 1.65. The highest BCUT2D eigenvalue weighted by molar-refractivity contribution is 5.79. The standard InChI is InChI=1S/C17H30N2O/c20-17(19-13-7-2-8-14-19)15-9-3-4-10-16(15)18-11-5-1-6-12-18/h15-16H,1-14H2/t15-,16+/m1/s1. The predicted molar refractivity (Wildman–Crippen MR) is 81.6 cm³/mol. The molecule has 3 fully saturated rings. The maximum Gasteiger partial charge on any atom is 0.227 e. The molecule has 0 bridgehead atoms. The highest BCUT2D eigenvalue weighted by Gasteiger charge is 2.37. The van der Waals surface area contributed by atoms with Crippen molar-refractivity contribution in [3.8, 4) is 0 Å². The molecule has 3 heteroatoms. The van der Waals surface area contributed by atoms with Gasteiger partial charge in [0.25, 0.3) is 0 Å². The molecule has 3 rings (SSSR count). The molecule has 0 aromatic rings. The molecular weight excluding hydrogens is 248 g/mol. The second-order valence-electron chi connectivity index (χ2n) is 6.94. The van der Waals surface area contributed by atoms with E-state index >= 15 is 0 Å². The first-order valence-corrected chi connectivity index (χ1v) is 8.89. The molecule has 0 spiro atoms. The van der Waals surface area contributed by atoms with Crippen molar-refractivity contribution in [2.24, 2.45) is 5.92 Å². The molecule has 114 valence electrons. The van der Waals surface area contributed by atoms with Crippen LogP contribution in [0.1, 0.15) is 64.2 Å². The van der Waals surface area contributed by atoms with Gasteiger partial charge in [0, 0.05) is 19.1 Å². The average Bonchev–Trinajstić information content (AvgIpc) is 2.56. The molecule has 2 heterocycles. The second kappa shape index (κ2) is 6.93. The van der Waals surface area contributed by atoms with E-state index in [9.17, 15) is 4.79 Å². The van der Waals surface area contributed by atoms with Crippen molar-refractivity contribution in [1.29, 1.82) is 0 Å². The number of likely N-dealkylation sites (tertiary alicyclic amines) is 2. The van der Waals surface area contributed by atoms with Gasteiger partial charge >= 0.3 is 0 Å². The molecule has 20 heavy (non-hydrogen) atoms. The first kappa shape index (κ1) is 14.4. The first-order valence-electron chi connectivity index (χ1n) is 8.89. The molecule has 0 radical (unpaired) electrons. The quantitative estimate of drug-likeness (QED) is 0.775. The minimum atomic E-state index is 0.306. The van der Waals surface area contributed by atoms with Gasteiger partial charge in [0.15, 0.2) is 0 Å². The molecular formula is C17H30N2O. The van der Waals surface area contributed by atoms with Gasteiger partial charge in [0.05, 0.1) is 5.92 Å². The number of carbonyl (C=O) groups excluding carboxylic acids is 1. The number of rotatable bonds is 2. The van der Waals surface area contributed by atoms with Crippen LogP contribution in [0.25, 0.3) is 0 Å². The Bertz CT molecular complexity index is 319. The lowest BCUT2D eigenvalue weighted by molar-refractivity contribution is -0.140. The summed E-state index contributed by atoms with van der Waals surface area (Å²) < 4.78 is 0. The number of amides is 1. The summed E-state index contributed by atoms with van der Waals surface area (Å²) in [5.41, 5.74) is 0. The van der Waals surface area contributed by atoms with Gasteiger partial charge in [-0.05, 0) is 58.0 Å². The van der Waals surface area contributed by atoms with Gasteiger partial charge in [0.2, 0.25) is 5.91 Å². The maximum atomic E-state index is 12.9. The van der Waals surface area contributed by atoms with Crippen LogP contribution < -0.4 is 0 Å². The van der Waals surface area contributed by atoms with Gasteiger partial charge in [-0.2, -0.15) is 0 Å². The van der Waals surface area contributed by atoms with Crippen LogP contribution in [-0.2, 0) is 4.79 Å². The van der Waals surface area contributed by atoms with E-state index in [0.29, 0.717) is 17.9 Å². The summed E-state index contributed by atoms with van der Waals surface area (Å²) in [7, 11) is 0. The van der Waals surface area contributed by atoms with Crippen LogP contribution in [0.3, 0.4) is 0 Å². The largest absolute Gasteiger partial charge is 0.342 e. The van der Waals surface area contributed by atoms with Gasteiger partial charge in [-0.3, -0.25) is 9.69 Å². The Kier molecular flexibility index (Phi) is 4.98. The topological polar surface area (TPSA) is 23.6 Å². The number of hydrogen-bond acceptors (Lipinski definition) is 2. The van der Waals surface area contributed by atoms with Gasteiger partial charge < -0.3 is 4.90 Å². The summed E-state index contributed by atoms with van der Waals surface area (Å²) in [6.45, 7) is 4.49. The van der Waals surface area contributed by atoms with Crippen molar-refractivity contribution in [3.05, 3.63) is 0 Å². The van der Waals surface area contributed by atoms with Crippen molar-refractivity contribution in [1.82, 2.24) is 9.80 Å². The fourth-order valence-electron chi connectivity index (χ4n) is 4.44. The fraction of sp³-hybridized carbons (Fsp3) is 0.941. The third kappa shape index (κ3) is 3.19. The first-order chi connectivity index (χ1) is 9.86. The van der Waals surface area contributed by atoms with E-state index in [-0.39, 0.29) is 0 Å². The molecule has 0 aromatic heterocycles. The molecule has 3 aliphatic rings. The third-order valence-electron chi connectivity index (χ3n) is 5.57. The Labute approximate surface area is 123 Å². The van der Waals surface area contributed by atoms with Crippen molar-refractivity contribution in [2.75, 3.05) is 26.2 Å². The lowest BCUT2D eigenvalue weighted by Crippen LogP contribution is -2.51. The van der Waals surface area contributed by atoms with E-state index in [0.717, 1.165) is 19.5 Å². The molecule has 2 aliphatic heterocycles. The van der Waals surface area contributed by atoms with Crippen LogP contribution in [0, 0.1) is 5.92 Å². The van der Waals surface area contributed by atoms with E-state index in [1.54, 1.807) is 0 Å². The maximum absolute atomic E-state index is 12.9. The average molecular weight is 278 g/mol. The summed E-state index contributed by atoms with van der Waals surface area (Å²) in [4.78, 5) is 17.7. The molecule has 1 saturated carbocycles. The van der Waals surface area contributed by atoms with Gasteiger partial charge in [-0.25, -0.2) is 0 Å². The van der Waals surface area contributed by atoms with Crippen molar-refractivity contribution < 1.29 is 4.79 Å². The van der Waals surface area contributed by atoms with Crippen LogP contribution in [0.2, 0.25) is 0 Å². The van der Waals surface area contributed by atoms with Gasteiger partial charge in [-0.15, -0.1) is 0 Å². The Morgan fingerprint density at radius 2 is 1.30 bits per heavy atom. The number of nitrogens with zero attached hydrogens (tertiary/aromatic N) is 2. The van der Waals surface area contributed by atoms with Crippen molar-refractivity contribution >= 4 is 5.91 Å². The zero-order valence-electron chi connectivity index (χ0n) is 12.9. The van der Waals surface area contributed by atoms with E-state index < -0.39 is 0 Å². The van der Waals surface area contributed by atoms with E-state index in [4.69, 9.17) is 0 Å². The summed E-state index contributed by atoms with van der Waals surface area (Å²) in [5.74, 6) is 0.792. The minimum Gasteiger partial charge on any atom is -0.342 e. The highest BCUT2D eigenvalue weighted by Crippen LogP contribution is 2.32. The van der Waals surface area contributed by atoms with Crippen molar-refractivity contribution in [3.63, 3.8) is 0 Å².